The SMILES string of the molecule is CCCCCC1CCC(c2ccc(/C=C/C(=O)Oc3ccc(NC=C4C(=O)OC(C)(C)OC4=O)cc3)cc2)CC1. The van der Waals surface area contributed by atoms with Crippen LogP contribution in [0.2, 0.25) is 0 Å². The standard InChI is InChI=1S/C33H39NO6/c1-4-5-6-7-23-8-13-25(14-9-23)26-15-10-24(11-16-26)12-21-30(35)38-28-19-17-27(18-20-28)34-22-29-31(36)39-33(2,3)40-32(29)37/h10-12,15-23,25,34H,4-9,13-14H2,1-3H3/b21-12+. The highest BCUT2D eigenvalue weighted by molar-refractivity contribution is 6.15. The lowest BCUT2D eigenvalue weighted by atomic mass is 9.77. The fraction of sp³-hybridized carbons (Fsp3) is 0.424. The third-order valence-corrected chi connectivity index (χ3v) is 7.46. The van der Waals surface area contributed by atoms with Gasteiger partial charge in [0.1, 0.15) is 5.75 Å². The van der Waals surface area contributed by atoms with Crippen LogP contribution in [0.3, 0.4) is 0 Å². The Hall–Kier alpha value is -3.87. The molecular weight excluding hydrogens is 506 g/mol. The quantitative estimate of drug-likeness (QED) is 0.110. The summed E-state index contributed by atoms with van der Waals surface area (Å²) in [4.78, 5) is 36.4. The predicted molar refractivity (Wildman–Crippen MR) is 154 cm³/mol. The van der Waals surface area contributed by atoms with Crippen molar-refractivity contribution in [3.8, 4) is 5.75 Å². The van der Waals surface area contributed by atoms with E-state index in [1.807, 2.05) is 0 Å². The zero-order valence-corrected chi connectivity index (χ0v) is 23.6. The molecule has 2 fully saturated rings. The summed E-state index contributed by atoms with van der Waals surface area (Å²) in [6.07, 6.45) is 15.0. The lowest BCUT2D eigenvalue weighted by Gasteiger charge is -2.29. The molecule has 0 radical (unpaired) electrons. The largest absolute Gasteiger partial charge is 0.423 e. The van der Waals surface area contributed by atoms with Gasteiger partial charge in [0.25, 0.3) is 5.79 Å². The normalized spacial score (nSPS) is 20.5. The Kier molecular flexibility index (Phi) is 9.80. The van der Waals surface area contributed by atoms with Crippen molar-refractivity contribution in [2.75, 3.05) is 5.32 Å². The molecule has 7 heteroatoms. The highest BCUT2D eigenvalue weighted by atomic mass is 16.7. The number of esters is 3. The topological polar surface area (TPSA) is 90.9 Å². The molecule has 1 aliphatic heterocycles. The number of carbonyl (C=O) groups is 3. The van der Waals surface area contributed by atoms with Crippen LogP contribution in [0.5, 0.6) is 5.75 Å². The summed E-state index contributed by atoms with van der Waals surface area (Å²) in [7, 11) is 0. The molecule has 2 aromatic rings. The minimum absolute atomic E-state index is 0.238. The van der Waals surface area contributed by atoms with Gasteiger partial charge >= 0.3 is 17.9 Å². The number of unbranched alkanes of at least 4 members (excludes halogenated alkanes) is 2. The van der Waals surface area contributed by atoms with E-state index >= 15 is 0 Å². The van der Waals surface area contributed by atoms with E-state index in [1.54, 1.807) is 30.3 Å². The van der Waals surface area contributed by atoms with Crippen LogP contribution >= 0.6 is 0 Å². The van der Waals surface area contributed by atoms with Gasteiger partial charge in [-0.1, -0.05) is 56.9 Å². The third kappa shape index (κ3) is 8.31. The maximum absolute atomic E-state index is 12.3. The second kappa shape index (κ2) is 13.5. The summed E-state index contributed by atoms with van der Waals surface area (Å²) in [6.45, 7) is 5.23. The van der Waals surface area contributed by atoms with Crippen LogP contribution in [0, 0.1) is 5.92 Å². The van der Waals surface area contributed by atoms with E-state index in [9.17, 15) is 14.4 Å². The van der Waals surface area contributed by atoms with Crippen LogP contribution in [0.15, 0.2) is 66.4 Å². The number of benzene rings is 2. The van der Waals surface area contributed by atoms with E-state index in [0.717, 1.165) is 11.5 Å². The van der Waals surface area contributed by atoms with Crippen molar-refractivity contribution in [2.24, 2.45) is 5.92 Å². The van der Waals surface area contributed by atoms with E-state index in [2.05, 4.69) is 36.5 Å². The summed E-state index contributed by atoms with van der Waals surface area (Å²) in [5, 5.41) is 2.85. The van der Waals surface area contributed by atoms with Gasteiger partial charge in [0.05, 0.1) is 0 Å². The fourth-order valence-electron chi connectivity index (χ4n) is 5.21. The van der Waals surface area contributed by atoms with Crippen molar-refractivity contribution < 1.29 is 28.6 Å². The smallest absolute Gasteiger partial charge is 0.350 e. The number of carbonyl (C=O) groups excluding carboxylic acids is 3. The molecule has 2 aliphatic rings. The van der Waals surface area contributed by atoms with Gasteiger partial charge in [-0.25, -0.2) is 14.4 Å². The van der Waals surface area contributed by atoms with Gasteiger partial charge in [0.15, 0.2) is 5.57 Å². The van der Waals surface area contributed by atoms with Crippen LogP contribution in [-0.4, -0.2) is 23.7 Å². The van der Waals surface area contributed by atoms with E-state index in [1.165, 1.54) is 83.1 Å². The maximum Gasteiger partial charge on any atom is 0.350 e. The van der Waals surface area contributed by atoms with Crippen molar-refractivity contribution in [1.82, 2.24) is 0 Å². The molecule has 1 heterocycles. The molecule has 0 bridgehead atoms. The zero-order valence-electron chi connectivity index (χ0n) is 23.6. The Labute approximate surface area is 236 Å². The van der Waals surface area contributed by atoms with E-state index in [4.69, 9.17) is 14.2 Å². The number of hydrogen-bond donors (Lipinski definition) is 1. The Morgan fingerprint density at radius 1 is 0.950 bits per heavy atom. The molecule has 0 atom stereocenters. The van der Waals surface area contributed by atoms with E-state index in [-0.39, 0.29) is 5.57 Å². The van der Waals surface area contributed by atoms with Crippen LogP contribution in [0.25, 0.3) is 6.08 Å². The molecule has 212 valence electrons. The van der Waals surface area contributed by atoms with Crippen LogP contribution < -0.4 is 10.1 Å². The number of cyclic esters (lactones) is 2. The Morgan fingerprint density at radius 2 is 1.60 bits per heavy atom. The van der Waals surface area contributed by atoms with Gasteiger partial charge in [-0.15, -0.1) is 0 Å². The molecular formula is C33H39NO6. The molecule has 1 saturated heterocycles. The first-order valence-corrected chi connectivity index (χ1v) is 14.3. The Morgan fingerprint density at radius 3 is 2.23 bits per heavy atom. The summed E-state index contributed by atoms with van der Waals surface area (Å²) >= 11 is 0. The van der Waals surface area contributed by atoms with Crippen molar-refractivity contribution in [3.05, 3.63) is 77.5 Å². The van der Waals surface area contributed by atoms with Gasteiger partial charge in [-0.05, 0) is 79.0 Å². The van der Waals surface area contributed by atoms with Gasteiger partial charge in [0, 0.05) is 31.8 Å². The summed E-state index contributed by atoms with van der Waals surface area (Å²) in [5.41, 5.74) is 2.68. The minimum Gasteiger partial charge on any atom is -0.423 e. The van der Waals surface area contributed by atoms with Crippen molar-refractivity contribution in [1.29, 1.82) is 0 Å². The number of anilines is 1. The Balaban J connectivity index is 1.23. The van der Waals surface area contributed by atoms with Crippen molar-refractivity contribution in [3.63, 3.8) is 0 Å². The van der Waals surface area contributed by atoms with Crippen LogP contribution in [0.4, 0.5) is 5.69 Å². The third-order valence-electron chi connectivity index (χ3n) is 7.46. The lowest BCUT2D eigenvalue weighted by molar-refractivity contribution is -0.222. The van der Waals surface area contributed by atoms with Crippen LogP contribution in [0.1, 0.15) is 89.2 Å². The maximum atomic E-state index is 12.3. The molecule has 1 N–H and O–H groups in total. The molecule has 1 aliphatic carbocycles. The van der Waals surface area contributed by atoms with Crippen molar-refractivity contribution >= 4 is 29.7 Å². The molecule has 4 rings (SSSR count). The molecule has 0 spiro atoms. The number of hydrogen-bond acceptors (Lipinski definition) is 7. The number of ether oxygens (including phenoxy) is 3. The predicted octanol–water partition coefficient (Wildman–Crippen LogP) is 7.29. The molecule has 40 heavy (non-hydrogen) atoms. The van der Waals surface area contributed by atoms with E-state index in [0.29, 0.717) is 17.4 Å². The summed E-state index contributed by atoms with van der Waals surface area (Å²) in [5.74, 6) is -1.40. The summed E-state index contributed by atoms with van der Waals surface area (Å²) in [6, 6.07) is 15.0. The molecule has 0 unspecified atom stereocenters. The molecule has 0 amide bonds. The van der Waals surface area contributed by atoms with Gasteiger partial charge in [-0.3, -0.25) is 0 Å². The molecule has 0 aromatic heterocycles. The van der Waals surface area contributed by atoms with Crippen molar-refractivity contribution in [2.45, 2.75) is 83.8 Å². The van der Waals surface area contributed by atoms with Gasteiger partial charge < -0.3 is 19.5 Å². The average Bonchev–Trinajstić information content (AvgIpc) is 2.92. The average molecular weight is 546 g/mol. The molecule has 7 nitrogen and oxygen atoms in total. The zero-order chi connectivity index (χ0) is 28.5. The number of rotatable bonds is 10. The first-order valence-electron chi connectivity index (χ1n) is 14.3. The first-order chi connectivity index (χ1) is 19.2. The fourth-order valence-corrected chi connectivity index (χ4v) is 5.21. The Bertz CT molecular complexity index is 1210. The minimum atomic E-state index is -1.29. The van der Waals surface area contributed by atoms with E-state index < -0.39 is 23.7 Å². The second-order valence-corrected chi connectivity index (χ2v) is 11.0. The first kappa shape index (κ1) is 29.1. The second-order valence-electron chi connectivity index (χ2n) is 11.0. The highest BCUT2D eigenvalue weighted by Gasteiger charge is 2.38. The van der Waals surface area contributed by atoms with Gasteiger partial charge in [0.2, 0.25) is 0 Å². The molecule has 1 saturated carbocycles. The number of nitrogens with one attached hydrogen (secondary N) is 1. The monoisotopic (exact) mass is 545 g/mol. The van der Waals surface area contributed by atoms with Gasteiger partial charge in [-0.2, -0.15) is 0 Å². The summed E-state index contributed by atoms with van der Waals surface area (Å²) < 4.78 is 15.5. The highest BCUT2D eigenvalue weighted by Crippen LogP contribution is 2.37. The molecule has 2 aromatic carbocycles. The van der Waals surface area contributed by atoms with Crippen LogP contribution in [-0.2, 0) is 23.9 Å². The lowest BCUT2D eigenvalue weighted by Crippen LogP contribution is -2.42.